The van der Waals surface area contributed by atoms with Crippen molar-refractivity contribution >= 4 is 11.9 Å². The lowest BCUT2D eigenvalue weighted by atomic mass is 9.98. The molecule has 3 aromatic rings. The number of carbonyl (C=O) groups is 2. The Morgan fingerprint density at radius 2 is 1.59 bits per heavy atom. The lowest BCUT2D eigenvalue weighted by Gasteiger charge is -2.20. The van der Waals surface area contributed by atoms with Crippen LogP contribution in [-0.2, 0) is 11.3 Å². The molecule has 0 unspecified atom stereocenters. The second-order valence-corrected chi connectivity index (χ2v) is 7.76. The molecule has 5 rings (SSSR count). The second kappa shape index (κ2) is 6.88. The van der Waals surface area contributed by atoms with Crippen molar-refractivity contribution in [3.8, 4) is 16.9 Å². The van der Waals surface area contributed by atoms with Crippen LogP contribution in [0.15, 0.2) is 66.9 Å². The first-order chi connectivity index (χ1) is 14.2. The highest BCUT2D eigenvalue weighted by molar-refractivity contribution is 6.07. The van der Waals surface area contributed by atoms with Gasteiger partial charge in [-0.05, 0) is 25.0 Å². The Morgan fingerprint density at radius 1 is 0.931 bits per heavy atom. The molecule has 2 fully saturated rings. The van der Waals surface area contributed by atoms with Crippen molar-refractivity contribution in [2.45, 2.75) is 37.8 Å². The zero-order valence-corrected chi connectivity index (χ0v) is 16.0. The molecule has 6 heteroatoms. The molecule has 6 nitrogen and oxygen atoms in total. The third-order valence-corrected chi connectivity index (χ3v) is 5.89. The summed E-state index contributed by atoms with van der Waals surface area (Å²) in [7, 11) is 0. The van der Waals surface area contributed by atoms with Gasteiger partial charge in [-0.1, -0.05) is 61.4 Å². The molecule has 1 aromatic heterocycles. The predicted octanol–water partition coefficient (Wildman–Crippen LogP) is 3.90. The Hall–Kier alpha value is -3.41. The van der Waals surface area contributed by atoms with E-state index in [-0.39, 0.29) is 18.5 Å². The maximum atomic E-state index is 13.1. The molecular weight excluding hydrogens is 364 g/mol. The molecule has 0 atom stereocenters. The highest BCUT2D eigenvalue weighted by Gasteiger charge is 2.52. The highest BCUT2D eigenvalue weighted by atomic mass is 16.2. The number of amides is 3. The first-order valence-corrected chi connectivity index (χ1v) is 10.00. The molecule has 0 bridgehead atoms. The van der Waals surface area contributed by atoms with E-state index in [1.54, 1.807) is 0 Å². The topological polar surface area (TPSA) is 67.2 Å². The van der Waals surface area contributed by atoms with E-state index in [0.717, 1.165) is 48.2 Å². The molecule has 1 aliphatic heterocycles. The number of imide groups is 1. The van der Waals surface area contributed by atoms with Crippen LogP contribution in [0, 0.1) is 0 Å². The lowest BCUT2D eigenvalue weighted by molar-refractivity contribution is -0.131. The monoisotopic (exact) mass is 386 g/mol. The van der Waals surface area contributed by atoms with Gasteiger partial charge >= 0.3 is 6.03 Å². The maximum absolute atomic E-state index is 13.1. The summed E-state index contributed by atoms with van der Waals surface area (Å²) >= 11 is 0. The number of hydrogen-bond donors (Lipinski definition) is 1. The summed E-state index contributed by atoms with van der Waals surface area (Å²) in [4.78, 5) is 27.1. The summed E-state index contributed by atoms with van der Waals surface area (Å²) < 4.78 is 1.81. The number of rotatable bonds is 4. The SMILES string of the molecule is O=C1NC2(CCCC2)C(=O)N1Cc1cn(-c2ccccc2)nc1-c1ccccc1. The van der Waals surface area contributed by atoms with Gasteiger partial charge in [0, 0.05) is 17.3 Å². The maximum Gasteiger partial charge on any atom is 0.325 e. The predicted molar refractivity (Wildman–Crippen MR) is 109 cm³/mol. The number of hydrogen-bond acceptors (Lipinski definition) is 3. The molecule has 3 amide bonds. The van der Waals surface area contributed by atoms with Gasteiger partial charge in [-0.2, -0.15) is 5.10 Å². The molecule has 1 saturated heterocycles. The molecule has 29 heavy (non-hydrogen) atoms. The fourth-order valence-electron chi connectivity index (χ4n) is 4.39. The smallest absolute Gasteiger partial charge is 0.323 e. The van der Waals surface area contributed by atoms with Crippen LogP contribution < -0.4 is 5.32 Å². The second-order valence-electron chi connectivity index (χ2n) is 7.76. The van der Waals surface area contributed by atoms with Gasteiger partial charge in [0.15, 0.2) is 0 Å². The Morgan fingerprint density at radius 3 is 2.28 bits per heavy atom. The van der Waals surface area contributed by atoms with E-state index in [1.807, 2.05) is 71.5 Å². The summed E-state index contributed by atoms with van der Waals surface area (Å²) in [6.45, 7) is 0.212. The van der Waals surface area contributed by atoms with Crippen LogP contribution >= 0.6 is 0 Å². The molecule has 0 radical (unpaired) electrons. The van der Waals surface area contributed by atoms with Crippen molar-refractivity contribution in [3.05, 3.63) is 72.4 Å². The van der Waals surface area contributed by atoms with Crippen molar-refractivity contribution in [2.24, 2.45) is 0 Å². The minimum Gasteiger partial charge on any atom is -0.323 e. The van der Waals surface area contributed by atoms with Gasteiger partial charge in [0.05, 0.1) is 17.9 Å². The van der Waals surface area contributed by atoms with Crippen LogP contribution in [0.5, 0.6) is 0 Å². The molecule has 2 heterocycles. The molecule has 1 N–H and O–H groups in total. The molecule has 146 valence electrons. The molecule has 1 spiro atoms. The number of nitrogens with zero attached hydrogens (tertiary/aromatic N) is 3. The quantitative estimate of drug-likeness (QED) is 0.692. The van der Waals surface area contributed by atoms with E-state index in [4.69, 9.17) is 5.10 Å². The number of nitrogens with one attached hydrogen (secondary N) is 1. The largest absolute Gasteiger partial charge is 0.325 e. The Bertz CT molecular complexity index is 1050. The summed E-state index contributed by atoms with van der Waals surface area (Å²) in [5, 5.41) is 7.74. The first-order valence-electron chi connectivity index (χ1n) is 10.00. The van der Waals surface area contributed by atoms with Crippen molar-refractivity contribution in [1.82, 2.24) is 20.0 Å². The molecule has 2 aromatic carbocycles. The van der Waals surface area contributed by atoms with Gasteiger partial charge in [0.1, 0.15) is 5.54 Å². The molecule has 1 saturated carbocycles. The fraction of sp³-hybridized carbons (Fsp3) is 0.261. The number of carbonyl (C=O) groups excluding carboxylic acids is 2. The van der Waals surface area contributed by atoms with E-state index in [9.17, 15) is 9.59 Å². The lowest BCUT2D eigenvalue weighted by Crippen LogP contribution is -2.44. The van der Waals surface area contributed by atoms with Crippen LogP contribution in [0.25, 0.3) is 16.9 Å². The van der Waals surface area contributed by atoms with E-state index < -0.39 is 5.54 Å². The average molecular weight is 386 g/mol. The van der Waals surface area contributed by atoms with Crippen molar-refractivity contribution < 1.29 is 9.59 Å². The highest BCUT2D eigenvalue weighted by Crippen LogP contribution is 2.36. The Kier molecular flexibility index (Phi) is 4.19. The number of benzene rings is 2. The van der Waals surface area contributed by atoms with Crippen LogP contribution in [-0.4, -0.2) is 32.2 Å². The van der Waals surface area contributed by atoms with E-state index >= 15 is 0 Å². The van der Waals surface area contributed by atoms with Crippen molar-refractivity contribution in [1.29, 1.82) is 0 Å². The first kappa shape index (κ1) is 17.7. The third-order valence-electron chi connectivity index (χ3n) is 5.89. The summed E-state index contributed by atoms with van der Waals surface area (Å²) in [6, 6.07) is 19.4. The minimum absolute atomic E-state index is 0.105. The fourth-order valence-corrected chi connectivity index (χ4v) is 4.39. The zero-order valence-electron chi connectivity index (χ0n) is 16.0. The van der Waals surface area contributed by atoms with E-state index in [1.165, 1.54) is 4.90 Å². The van der Waals surface area contributed by atoms with Crippen LogP contribution in [0.3, 0.4) is 0 Å². The summed E-state index contributed by atoms with van der Waals surface area (Å²) in [6.07, 6.45) is 5.31. The van der Waals surface area contributed by atoms with Crippen LogP contribution in [0.4, 0.5) is 4.79 Å². The van der Waals surface area contributed by atoms with Crippen molar-refractivity contribution in [2.75, 3.05) is 0 Å². The minimum atomic E-state index is -0.695. The molecular formula is C23H22N4O2. The van der Waals surface area contributed by atoms with Gasteiger partial charge < -0.3 is 5.32 Å². The zero-order chi connectivity index (χ0) is 19.8. The Labute approximate surface area is 169 Å². The van der Waals surface area contributed by atoms with Crippen LogP contribution in [0.1, 0.15) is 31.2 Å². The van der Waals surface area contributed by atoms with Gasteiger partial charge in [0.2, 0.25) is 0 Å². The molecule has 1 aliphatic carbocycles. The number of aromatic nitrogens is 2. The normalized spacial score (nSPS) is 17.9. The number of para-hydroxylation sites is 1. The van der Waals surface area contributed by atoms with Gasteiger partial charge in [-0.3, -0.25) is 9.69 Å². The average Bonchev–Trinajstić information content (AvgIpc) is 3.45. The third kappa shape index (κ3) is 3.01. The van der Waals surface area contributed by atoms with Gasteiger partial charge in [-0.15, -0.1) is 0 Å². The summed E-state index contributed by atoms with van der Waals surface area (Å²) in [5.74, 6) is -0.105. The van der Waals surface area contributed by atoms with Crippen LogP contribution in [0.2, 0.25) is 0 Å². The standard InChI is InChI=1S/C23H22N4O2/c28-21-23(13-7-8-14-23)24-22(29)26(21)15-18-16-27(19-11-5-2-6-12-19)25-20(18)17-9-3-1-4-10-17/h1-6,9-12,16H,7-8,13-15H2,(H,24,29). The van der Waals surface area contributed by atoms with E-state index in [2.05, 4.69) is 5.32 Å². The van der Waals surface area contributed by atoms with Gasteiger partial charge in [0.25, 0.3) is 5.91 Å². The Balaban J connectivity index is 1.53. The van der Waals surface area contributed by atoms with Crippen molar-refractivity contribution in [3.63, 3.8) is 0 Å². The molecule has 2 aliphatic rings. The summed E-state index contributed by atoms with van der Waals surface area (Å²) in [5.41, 5.74) is 2.82. The van der Waals surface area contributed by atoms with E-state index in [0.29, 0.717) is 0 Å². The van der Waals surface area contributed by atoms with Gasteiger partial charge in [-0.25, -0.2) is 9.48 Å². The number of urea groups is 1.